The van der Waals surface area contributed by atoms with Crippen LogP contribution in [0.2, 0.25) is 0 Å². The van der Waals surface area contributed by atoms with Crippen LogP contribution >= 0.6 is 0 Å². The van der Waals surface area contributed by atoms with Gasteiger partial charge in [0.05, 0.1) is 23.8 Å². The second-order valence-electron chi connectivity index (χ2n) is 10.2. The molecule has 1 fully saturated rings. The third kappa shape index (κ3) is 5.37. The summed E-state index contributed by atoms with van der Waals surface area (Å²) in [6.45, 7) is 10.1. The Hall–Kier alpha value is -3.27. The minimum Gasteiger partial charge on any atom is -0.444 e. The van der Waals surface area contributed by atoms with E-state index in [-0.39, 0.29) is 43.1 Å². The molecule has 2 aliphatic heterocycles. The average molecular weight is 485 g/mol. The van der Waals surface area contributed by atoms with E-state index in [1.165, 1.54) is 4.90 Å². The molecule has 4 rings (SSSR count). The van der Waals surface area contributed by atoms with Gasteiger partial charge in [0, 0.05) is 18.5 Å². The average Bonchev–Trinajstić information content (AvgIpc) is 3.35. The summed E-state index contributed by atoms with van der Waals surface area (Å²) in [6.07, 6.45) is 1.11. The normalized spacial score (nSPS) is 21.3. The molecule has 3 atom stereocenters. The molecule has 2 aliphatic rings. The fourth-order valence-electron chi connectivity index (χ4n) is 4.49. The van der Waals surface area contributed by atoms with E-state index < -0.39 is 11.6 Å². The summed E-state index contributed by atoms with van der Waals surface area (Å²) in [5.74, 6) is 0.366. The lowest BCUT2D eigenvalue weighted by atomic mass is 9.91. The van der Waals surface area contributed by atoms with Gasteiger partial charge in [-0.15, -0.1) is 0 Å². The highest BCUT2D eigenvalue weighted by atomic mass is 16.6. The van der Waals surface area contributed by atoms with E-state index in [4.69, 9.17) is 14.0 Å². The quantitative estimate of drug-likeness (QED) is 0.569. The first-order valence-electron chi connectivity index (χ1n) is 11.9. The number of amides is 3. The third-order valence-electron chi connectivity index (χ3n) is 6.20. The number of hydrogen-bond donors (Lipinski definition) is 0. The summed E-state index contributed by atoms with van der Waals surface area (Å²) in [5.41, 5.74) is 0.295. The number of piperidine rings is 1. The van der Waals surface area contributed by atoms with E-state index >= 15 is 0 Å². The summed E-state index contributed by atoms with van der Waals surface area (Å²) in [6, 6.07) is 6.34. The van der Waals surface area contributed by atoms with Gasteiger partial charge in [-0.3, -0.25) is 14.5 Å². The monoisotopic (exact) mass is 484 g/mol. The number of carbonyl (C=O) groups excluding carboxylic acids is 3. The summed E-state index contributed by atoms with van der Waals surface area (Å²) < 4.78 is 16.5. The Morgan fingerprint density at radius 3 is 2.46 bits per heavy atom. The van der Waals surface area contributed by atoms with Gasteiger partial charge in [0.25, 0.3) is 17.7 Å². The minimum atomic E-state index is -0.535. The van der Waals surface area contributed by atoms with Crippen LogP contribution in [0, 0.1) is 0 Å². The molecular formula is C25H32N4O6. The van der Waals surface area contributed by atoms with Crippen molar-refractivity contribution in [3.63, 3.8) is 0 Å². The fourth-order valence-corrected chi connectivity index (χ4v) is 4.49. The number of likely N-dealkylation sites (tertiary alicyclic amines) is 1. The molecule has 35 heavy (non-hydrogen) atoms. The first-order chi connectivity index (χ1) is 16.5. The molecule has 0 radical (unpaired) electrons. The zero-order valence-corrected chi connectivity index (χ0v) is 20.8. The van der Waals surface area contributed by atoms with Crippen LogP contribution in [0.25, 0.3) is 0 Å². The smallest absolute Gasteiger partial charge is 0.410 e. The van der Waals surface area contributed by atoms with E-state index in [0.717, 1.165) is 0 Å². The Labute approximate surface area is 204 Å². The number of rotatable bonds is 6. The van der Waals surface area contributed by atoms with Gasteiger partial charge >= 0.3 is 6.09 Å². The van der Waals surface area contributed by atoms with Crippen molar-refractivity contribution in [1.82, 2.24) is 19.9 Å². The molecule has 0 saturated carbocycles. The van der Waals surface area contributed by atoms with Gasteiger partial charge in [-0.2, -0.15) is 4.98 Å². The van der Waals surface area contributed by atoms with Crippen molar-refractivity contribution in [2.75, 3.05) is 13.2 Å². The van der Waals surface area contributed by atoms with Crippen LogP contribution in [0.3, 0.4) is 0 Å². The molecule has 0 aliphatic carbocycles. The summed E-state index contributed by atoms with van der Waals surface area (Å²) in [7, 11) is 0. The van der Waals surface area contributed by atoms with E-state index in [2.05, 4.69) is 10.1 Å². The van der Waals surface area contributed by atoms with Gasteiger partial charge in [-0.25, -0.2) is 4.79 Å². The topological polar surface area (TPSA) is 115 Å². The third-order valence-corrected chi connectivity index (χ3v) is 6.20. The molecule has 1 aromatic carbocycles. The maximum absolute atomic E-state index is 12.6. The zero-order chi connectivity index (χ0) is 25.3. The Balaban J connectivity index is 1.27. The van der Waals surface area contributed by atoms with Crippen LogP contribution in [0.4, 0.5) is 4.79 Å². The number of hydrogen-bond acceptors (Lipinski definition) is 8. The molecule has 3 unspecified atom stereocenters. The molecule has 2 aromatic rings. The van der Waals surface area contributed by atoms with Crippen molar-refractivity contribution < 1.29 is 28.4 Å². The second-order valence-corrected chi connectivity index (χ2v) is 10.2. The Kier molecular flexibility index (Phi) is 6.93. The second kappa shape index (κ2) is 9.77. The molecule has 0 N–H and O–H groups in total. The molecule has 1 aromatic heterocycles. The fraction of sp³-hybridized carbons (Fsp3) is 0.560. The summed E-state index contributed by atoms with van der Waals surface area (Å²) in [5, 5.41) is 4.11. The van der Waals surface area contributed by atoms with E-state index in [1.54, 1.807) is 36.1 Å². The van der Waals surface area contributed by atoms with Gasteiger partial charge < -0.3 is 18.9 Å². The molecule has 0 spiro atoms. The molecule has 1 saturated heterocycles. The van der Waals surface area contributed by atoms with E-state index in [0.29, 0.717) is 42.2 Å². The standard InChI is InChI=1S/C25H32N4O6/c1-15-12-17(10-11-28(15)24(32)34-25(3,4)5)21-26-20(35-27-21)14-33-13-16(2)29-22(30)18-8-6-7-9-19(18)23(29)31/h6-9,15-17H,10-14H2,1-5H3. The maximum Gasteiger partial charge on any atom is 0.410 e. The van der Waals surface area contributed by atoms with Crippen LogP contribution < -0.4 is 0 Å². The molecule has 3 amide bonds. The molecule has 3 heterocycles. The number of fused-ring (bicyclic) bond motifs is 1. The lowest BCUT2D eigenvalue weighted by Crippen LogP contribution is -2.46. The van der Waals surface area contributed by atoms with Crippen molar-refractivity contribution in [2.24, 2.45) is 0 Å². The Bertz CT molecular complexity index is 1070. The van der Waals surface area contributed by atoms with Gasteiger partial charge in [0.2, 0.25) is 0 Å². The van der Waals surface area contributed by atoms with Crippen molar-refractivity contribution in [3.8, 4) is 0 Å². The lowest BCUT2D eigenvalue weighted by Gasteiger charge is -2.37. The largest absolute Gasteiger partial charge is 0.444 e. The molecule has 10 nitrogen and oxygen atoms in total. The predicted octanol–water partition coefficient (Wildman–Crippen LogP) is 3.77. The van der Waals surface area contributed by atoms with Gasteiger partial charge in [-0.1, -0.05) is 17.3 Å². The highest BCUT2D eigenvalue weighted by Crippen LogP contribution is 2.31. The van der Waals surface area contributed by atoms with Crippen LogP contribution in [0.5, 0.6) is 0 Å². The van der Waals surface area contributed by atoms with Crippen molar-refractivity contribution in [1.29, 1.82) is 0 Å². The lowest BCUT2D eigenvalue weighted by molar-refractivity contribution is 0.00999. The number of ether oxygens (including phenoxy) is 2. The Morgan fingerprint density at radius 2 is 1.86 bits per heavy atom. The highest BCUT2D eigenvalue weighted by Gasteiger charge is 2.38. The molecular weight excluding hydrogens is 452 g/mol. The number of imide groups is 1. The first kappa shape index (κ1) is 24.8. The first-order valence-corrected chi connectivity index (χ1v) is 11.9. The number of aromatic nitrogens is 2. The summed E-state index contributed by atoms with van der Waals surface area (Å²) in [4.78, 5) is 45.1. The number of nitrogens with zero attached hydrogens (tertiary/aromatic N) is 4. The molecule has 188 valence electrons. The van der Waals surface area contributed by atoms with Crippen LogP contribution in [-0.2, 0) is 16.1 Å². The SMILES string of the molecule is CC1CC(c2noc(COCC(C)N3C(=O)c4ccccc4C3=O)n2)CCN1C(=O)OC(C)(C)C. The summed E-state index contributed by atoms with van der Waals surface area (Å²) >= 11 is 0. The maximum atomic E-state index is 12.6. The van der Waals surface area contributed by atoms with Gasteiger partial charge in [0.15, 0.2) is 5.82 Å². The highest BCUT2D eigenvalue weighted by molar-refractivity contribution is 6.21. The van der Waals surface area contributed by atoms with Crippen molar-refractivity contribution in [3.05, 3.63) is 47.1 Å². The number of carbonyl (C=O) groups is 3. The van der Waals surface area contributed by atoms with Crippen LogP contribution in [-0.4, -0.2) is 68.7 Å². The van der Waals surface area contributed by atoms with Crippen molar-refractivity contribution in [2.45, 2.75) is 77.7 Å². The van der Waals surface area contributed by atoms with Crippen molar-refractivity contribution >= 4 is 17.9 Å². The van der Waals surface area contributed by atoms with E-state index in [1.807, 2.05) is 27.7 Å². The number of benzene rings is 1. The van der Waals surface area contributed by atoms with Crippen LogP contribution in [0.15, 0.2) is 28.8 Å². The predicted molar refractivity (Wildman–Crippen MR) is 125 cm³/mol. The molecule has 0 bridgehead atoms. The molecule has 10 heteroatoms. The van der Waals surface area contributed by atoms with Gasteiger partial charge in [0.1, 0.15) is 12.2 Å². The Morgan fingerprint density at radius 1 is 1.20 bits per heavy atom. The zero-order valence-electron chi connectivity index (χ0n) is 20.8. The van der Waals surface area contributed by atoms with Gasteiger partial charge in [-0.05, 0) is 59.6 Å². The minimum absolute atomic E-state index is 0.0118. The van der Waals surface area contributed by atoms with Crippen LogP contribution in [0.1, 0.15) is 85.8 Å². The van der Waals surface area contributed by atoms with E-state index in [9.17, 15) is 14.4 Å².